The second kappa shape index (κ2) is 3.76. The molecule has 0 spiro atoms. The molecule has 6 heteroatoms. The highest BCUT2D eigenvalue weighted by Gasteiger charge is 2.13. The number of fused-ring (bicyclic) bond motifs is 1. The first-order chi connectivity index (χ1) is 8.67. The second-order valence-corrected chi connectivity index (χ2v) is 3.90. The molecule has 92 valence electrons. The van der Waals surface area contributed by atoms with Crippen molar-refractivity contribution in [1.29, 1.82) is 0 Å². The van der Waals surface area contributed by atoms with E-state index in [0.717, 1.165) is 11.3 Å². The monoisotopic (exact) mass is 245 g/mol. The molecule has 0 fully saturated rings. The van der Waals surface area contributed by atoms with Gasteiger partial charge in [-0.2, -0.15) is 4.98 Å². The first kappa shape index (κ1) is 10.6. The Labute approximate surface area is 101 Å². The Balaban J connectivity index is 2.21. The Morgan fingerprint density at radius 1 is 1.39 bits per heavy atom. The third kappa shape index (κ3) is 1.58. The summed E-state index contributed by atoms with van der Waals surface area (Å²) in [5, 5.41) is 0. The van der Waals surface area contributed by atoms with Crippen molar-refractivity contribution < 1.29 is 8.83 Å². The summed E-state index contributed by atoms with van der Waals surface area (Å²) in [5.74, 6) is 0.246. The molecule has 6 nitrogen and oxygen atoms in total. The molecular formula is C12H11N3O3. The SMILES string of the molecule is CCc1oc(N)nc1-c1ccc2oc(=O)[nH]c2c1. The lowest BCUT2D eigenvalue weighted by Gasteiger charge is -1.98. The third-order valence-electron chi connectivity index (χ3n) is 2.73. The van der Waals surface area contributed by atoms with Crippen molar-refractivity contribution in [2.45, 2.75) is 13.3 Å². The van der Waals surface area contributed by atoms with Crippen LogP contribution in [0.15, 0.2) is 31.8 Å². The average molecular weight is 245 g/mol. The van der Waals surface area contributed by atoms with Gasteiger partial charge in [-0.15, -0.1) is 0 Å². The number of nitrogens with two attached hydrogens (primary N) is 1. The Hall–Kier alpha value is -2.50. The molecular weight excluding hydrogens is 234 g/mol. The van der Waals surface area contributed by atoms with E-state index < -0.39 is 5.76 Å². The lowest BCUT2D eigenvalue weighted by molar-refractivity contribution is 0.530. The van der Waals surface area contributed by atoms with Gasteiger partial charge in [0.15, 0.2) is 5.58 Å². The van der Waals surface area contributed by atoms with Crippen LogP contribution in [0.2, 0.25) is 0 Å². The first-order valence-electron chi connectivity index (χ1n) is 5.56. The molecule has 0 bridgehead atoms. The summed E-state index contributed by atoms with van der Waals surface area (Å²) in [4.78, 5) is 17.8. The van der Waals surface area contributed by atoms with Crippen molar-refractivity contribution in [3.63, 3.8) is 0 Å². The van der Waals surface area contributed by atoms with Crippen LogP contribution in [0.3, 0.4) is 0 Å². The van der Waals surface area contributed by atoms with Crippen LogP contribution in [0.5, 0.6) is 0 Å². The van der Waals surface area contributed by atoms with E-state index in [1.807, 2.05) is 13.0 Å². The van der Waals surface area contributed by atoms with Crippen LogP contribution in [0.4, 0.5) is 6.01 Å². The highest BCUT2D eigenvalue weighted by Crippen LogP contribution is 2.27. The van der Waals surface area contributed by atoms with Gasteiger partial charge in [-0.25, -0.2) is 4.79 Å². The number of H-pyrrole nitrogens is 1. The van der Waals surface area contributed by atoms with E-state index in [0.29, 0.717) is 23.2 Å². The third-order valence-corrected chi connectivity index (χ3v) is 2.73. The Morgan fingerprint density at radius 3 is 3.00 bits per heavy atom. The van der Waals surface area contributed by atoms with E-state index in [4.69, 9.17) is 14.6 Å². The number of nitrogen functional groups attached to an aromatic ring is 1. The molecule has 18 heavy (non-hydrogen) atoms. The molecule has 3 aromatic rings. The van der Waals surface area contributed by atoms with Gasteiger partial charge in [0, 0.05) is 12.0 Å². The maximum atomic E-state index is 11.1. The van der Waals surface area contributed by atoms with Crippen LogP contribution in [-0.2, 0) is 6.42 Å². The molecule has 3 N–H and O–H groups in total. The summed E-state index contributed by atoms with van der Waals surface area (Å²) in [5.41, 5.74) is 8.22. The molecule has 0 saturated heterocycles. The van der Waals surface area contributed by atoms with Crippen LogP contribution in [0, 0.1) is 0 Å². The number of hydrogen-bond acceptors (Lipinski definition) is 5. The molecule has 2 aromatic heterocycles. The van der Waals surface area contributed by atoms with Crippen LogP contribution >= 0.6 is 0 Å². The van der Waals surface area contributed by atoms with Gasteiger partial charge in [-0.05, 0) is 18.2 Å². The Kier molecular flexibility index (Phi) is 2.22. The second-order valence-electron chi connectivity index (χ2n) is 3.90. The first-order valence-corrected chi connectivity index (χ1v) is 5.56. The van der Waals surface area contributed by atoms with Gasteiger partial charge in [0.05, 0.1) is 5.52 Å². The lowest BCUT2D eigenvalue weighted by Crippen LogP contribution is -1.93. The predicted octanol–water partition coefficient (Wildman–Crippen LogP) is 1.92. The maximum absolute atomic E-state index is 11.1. The van der Waals surface area contributed by atoms with Gasteiger partial charge in [0.25, 0.3) is 6.01 Å². The molecule has 0 aliphatic carbocycles. The van der Waals surface area contributed by atoms with Gasteiger partial charge >= 0.3 is 5.76 Å². The van der Waals surface area contributed by atoms with Crippen LogP contribution in [-0.4, -0.2) is 9.97 Å². The van der Waals surface area contributed by atoms with Gasteiger partial charge in [-0.3, -0.25) is 4.98 Å². The zero-order valence-corrected chi connectivity index (χ0v) is 9.69. The fourth-order valence-corrected chi connectivity index (χ4v) is 1.93. The number of nitrogens with one attached hydrogen (secondary N) is 1. The molecule has 0 unspecified atom stereocenters. The van der Waals surface area contributed by atoms with Gasteiger partial charge in [0.1, 0.15) is 11.5 Å². The summed E-state index contributed by atoms with van der Waals surface area (Å²) >= 11 is 0. The van der Waals surface area contributed by atoms with Crippen LogP contribution in [0.25, 0.3) is 22.4 Å². The van der Waals surface area contributed by atoms with E-state index in [2.05, 4.69) is 9.97 Å². The van der Waals surface area contributed by atoms with Crippen molar-refractivity contribution in [3.05, 3.63) is 34.5 Å². The van der Waals surface area contributed by atoms with E-state index in [1.165, 1.54) is 0 Å². The zero-order valence-electron chi connectivity index (χ0n) is 9.69. The highest BCUT2D eigenvalue weighted by molar-refractivity contribution is 5.79. The minimum Gasteiger partial charge on any atom is -0.428 e. The average Bonchev–Trinajstić information content (AvgIpc) is 2.89. The standard InChI is InChI=1S/C12H11N3O3/c1-2-8-10(15-11(13)17-8)6-3-4-9-7(5-6)14-12(16)18-9/h3-5H,2H2,1H3,(H2,13,15)(H,14,16). The van der Waals surface area contributed by atoms with Crippen LogP contribution in [0.1, 0.15) is 12.7 Å². The minimum atomic E-state index is -0.475. The molecule has 0 amide bonds. The Bertz CT molecular complexity index is 766. The summed E-state index contributed by atoms with van der Waals surface area (Å²) in [6.45, 7) is 1.96. The minimum absolute atomic E-state index is 0.141. The summed E-state index contributed by atoms with van der Waals surface area (Å²) in [6.07, 6.45) is 0.694. The Morgan fingerprint density at radius 2 is 2.22 bits per heavy atom. The highest BCUT2D eigenvalue weighted by atomic mass is 16.4. The van der Waals surface area contributed by atoms with E-state index >= 15 is 0 Å². The summed E-state index contributed by atoms with van der Waals surface area (Å²) < 4.78 is 10.2. The van der Waals surface area contributed by atoms with E-state index in [1.54, 1.807) is 12.1 Å². The topological polar surface area (TPSA) is 98.0 Å². The van der Waals surface area contributed by atoms with Crippen molar-refractivity contribution in [3.8, 4) is 11.3 Å². The van der Waals surface area contributed by atoms with Gasteiger partial charge in [0.2, 0.25) is 0 Å². The van der Waals surface area contributed by atoms with Crippen molar-refractivity contribution >= 4 is 17.1 Å². The number of hydrogen-bond donors (Lipinski definition) is 2. The number of aryl methyl sites for hydroxylation is 1. The smallest absolute Gasteiger partial charge is 0.417 e. The van der Waals surface area contributed by atoms with E-state index in [-0.39, 0.29) is 6.01 Å². The molecule has 2 heterocycles. The number of aromatic nitrogens is 2. The van der Waals surface area contributed by atoms with Crippen molar-refractivity contribution in [2.24, 2.45) is 0 Å². The van der Waals surface area contributed by atoms with Crippen LogP contribution < -0.4 is 11.5 Å². The van der Waals surface area contributed by atoms with Gasteiger partial charge < -0.3 is 14.6 Å². The van der Waals surface area contributed by atoms with Crippen molar-refractivity contribution in [1.82, 2.24) is 9.97 Å². The molecule has 0 aliphatic rings. The summed E-state index contributed by atoms with van der Waals surface area (Å²) in [7, 11) is 0. The summed E-state index contributed by atoms with van der Waals surface area (Å²) in [6, 6.07) is 5.46. The number of oxazole rings is 2. The number of benzene rings is 1. The van der Waals surface area contributed by atoms with Crippen molar-refractivity contribution in [2.75, 3.05) is 5.73 Å². The quantitative estimate of drug-likeness (QED) is 0.718. The molecule has 0 aliphatic heterocycles. The lowest BCUT2D eigenvalue weighted by atomic mass is 10.1. The number of anilines is 1. The maximum Gasteiger partial charge on any atom is 0.417 e. The molecule has 1 aromatic carbocycles. The number of aromatic amines is 1. The predicted molar refractivity (Wildman–Crippen MR) is 66.1 cm³/mol. The number of nitrogens with zero attached hydrogens (tertiary/aromatic N) is 1. The normalized spacial score (nSPS) is 11.2. The fourth-order valence-electron chi connectivity index (χ4n) is 1.93. The fraction of sp³-hybridized carbons (Fsp3) is 0.167. The molecule has 0 saturated carbocycles. The largest absolute Gasteiger partial charge is 0.428 e. The number of rotatable bonds is 2. The molecule has 0 atom stereocenters. The molecule has 3 rings (SSSR count). The molecule has 0 radical (unpaired) electrons. The zero-order chi connectivity index (χ0) is 12.7. The van der Waals surface area contributed by atoms with Gasteiger partial charge in [-0.1, -0.05) is 6.92 Å². The van der Waals surface area contributed by atoms with E-state index in [9.17, 15) is 4.79 Å².